The molecule has 3 aromatic rings. The molecule has 0 aliphatic carbocycles. The number of nitrogens with two attached hydrogens (primary N) is 1. The van der Waals surface area contributed by atoms with Crippen LogP contribution in [0.1, 0.15) is 36.6 Å². The predicted octanol–water partition coefficient (Wildman–Crippen LogP) is 4.23. The van der Waals surface area contributed by atoms with Crippen molar-refractivity contribution in [1.29, 1.82) is 0 Å². The molecule has 0 radical (unpaired) electrons. The normalized spacial score (nSPS) is 14.5. The second kappa shape index (κ2) is 10.3. The fourth-order valence-corrected chi connectivity index (χ4v) is 4.36. The molecule has 2 aromatic carbocycles. The molecule has 0 saturated heterocycles. The van der Waals surface area contributed by atoms with Crippen molar-refractivity contribution in [2.24, 2.45) is 0 Å². The average molecular weight is 464 g/mol. The number of nitrogens with zero attached hydrogens (tertiary/aromatic N) is 2. The number of pyridine rings is 1. The van der Waals surface area contributed by atoms with E-state index >= 15 is 0 Å². The number of aliphatic hydroxyl groups is 1. The summed E-state index contributed by atoms with van der Waals surface area (Å²) in [5.74, 6) is 2.62. The highest BCUT2D eigenvalue weighted by Crippen LogP contribution is 2.35. The third-order valence-electron chi connectivity index (χ3n) is 6.03. The lowest BCUT2D eigenvalue weighted by atomic mass is 9.97. The first-order valence-corrected chi connectivity index (χ1v) is 11.6. The van der Waals surface area contributed by atoms with Crippen LogP contribution in [0.3, 0.4) is 0 Å². The summed E-state index contributed by atoms with van der Waals surface area (Å²) < 4.78 is 17.0. The number of aromatic nitrogens is 1. The number of rotatable bonds is 8. The number of fused-ring (bicyclic) bond motifs is 1. The number of hydrogen-bond donors (Lipinski definition) is 2. The Balaban J connectivity index is 1.53. The van der Waals surface area contributed by atoms with Crippen molar-refractivity contribution in [3.63, 3.8) is 0 Å². The van der Waals surface area contributed by atoms with Crippen molar-refractivity contribution >= 4 is 5.82 Å². The van der Waals surface area contributed by atoms with Crippen LogP contribution >= 0.6 is 0 Å². The largest absolute Gasteiger partial charge is 0.493 e. The van der Waals surface area contributed by atoms with E-state index in [1.807, 2.05) is 50.2 Å². The van der Waals surface area contributed by atoms with Gasteiger partial charge in [0.15, 0.2) is 11.5 Å². The summed E-state index contributed by atoms with van der Waals surface area (Å²) in [6, 6.07) is 15.4. The van der Waals surface area contributed by atoms with Crippen molar-refractivity contribution < 1.29 is 19.3 Å². The SMILES string of the molecule is COc1cc2c(cc1OC)CN(CC(O)c1ccc(-c3cccc(N)n3)c(OC(C)C)c1)CC2. The van der Waals surface area contributed by atoms with Gasteiger partial charge in [0.1, 0.15) is 11.6 Å². The van der Waals surface area contributed by atoms with Gasteiger partial charge in [0.25, 0.3) is 0 Å². The molecule has 3 N–H and O–H groups in total. The van der Waals surface area contributed by atoms with E-state index in [0.717, 1.165) is 47.8 Å². The van der Waals surface area contributed by atoms with Gasteiger partial charge in [-0.05, 0) is 73.4 Å². The van der Waals surface area contributed by atoms with E-state index in [1.165, 1.54) is 11.1 Å². The van der Waals surface area contributed by atoms with E-state index in [9.17, 15) is 5.11 Å². The minimum Gasteiger partial charge on any atom is -0.493 e. The molecule has 180 valence electrons. The zero-order chi connectivity index (χ0) is 24.2. The lowest BCUT2D eigenvalue weighted by molar-refractivity contribution is 0.105. The Morgan fingerprint density at radius 3 is 2.41 bits per heavy atom. The highest BCUT2D eigenvalue weighted by Gasteiger charge is 2.23. The van der Waals surface area contributed by atoms with Gasteiger partial charge < -0.3 is 25.1 Å². The van der Waals surface area contributed by atoms with Crippen molar-refractivity contribution in [3.05, 3.63) is 65.2 Å². The van der Waals surface area contributed by atoms with Crippen LogP contribution in [0.15, 0.2) is 48.5 Å². The molecule has 0 bridgehead atoms. The van der Waals surface area contributed by atoms with E-state index in [1.54, 1.807) is 20.3 Å². The fourth-order valence-electron chi connectivity index (χ4n) is 4.36. The maximum absolute atomic E-state index is 11.1. The van der Waals surface area contributed by atoms with Crippen LogP contribution in [0.25, 0.3) is 11.3 Å². The van der Waals surface area contributed by atoms with Crippen LogP contribution in [0.4, 0.5) is 5.82 Å². The third kappa shape index (κ3) is 5.26. The Hall–Kier alpha value is -3.29. The Morgan fingerprint density at radius 1 is 1.00 bits per heavy atom. The first-order valence-electron chi connectivity index (χ1n) is 11.6. The van der Waals surface area contributed by atoms with E-state index in [2.05, 4.69) is 16.0 Å². The lowest BCUT2D eigenvalue weighted by Gasteiger charge is -2.31. The highest BCUT2D eigenvalue weighted by molar-refractivity contribution is 5.69. The monoisotopic (exact) mass is 463 g/mol. The summed E-state index contributed by atoms with van der Waals surface area (Å²) in [7, 11) is 3.30. The molecule has 7 heteroatoms. The number of nitrogen functional groups attached to an aromatic ring is 1. The topological polar surface area (TPSA) is 90.1 Å². The quantitative estimate of drug-likeness (QED) is 0.517. The smallest absolute Gasteiger partial charge is 0.161 e. The average Bonchev–Trinajstić information content (AvgIpc) is 2.82. The summed E-state index contributed by atoms with van der Waals surface area (Å²) in [5, 5.41) is 11.1. The molecule has 1 aliphatic heterocycles. The number of anilines is 1. The number of β-amino-alcohol motifs (C(OH)–C–C–N with tert-alkyl or cyclic N) is 1. The van der Waals surface area contributed by atoms with Crippen LogP contribution in [-0.2, 0) is 13.0 Å². The van der Waals surface area contributed by atoms with Gasteiger partial charge in [0, 0.05) is 25.2 Å². The number of aliphatic hydroxyl groups excluding tert-OH is 1. The van der Waals surface area contributed by atoms with Gasteiger partial charge in [-0.1, -0.05) is 12.1 Å². The molecule has 1 aromatic heterocycles. The summed E-state index contributed by atoms with van der Waals surface area (Å²) in [5.41, 5.74) is 10.7. The number of ether oxygens (including phenoxy) is 3. The van der Waals surface area contributed by atoms with Crippen LogP contribution < -0.4 is 19.9 Å². The van der Waals surface area contributed by atoms with Crippen LogP contribution in [0.5, 0.6) is 17.2 Å². The molecule has 1 aliphatic rings. The maximum atomic E-state index is 11.1. The molecule has 0 spiro atoms. The molecule has 4 rings (SSSR count). The van der Waals surface area contributed by atoms with Crippen molar-refractivity contribution in [1.82, 2.24) is 9.88 Å². The minimum absolute atomic E-state index is 0.0160. The molecule has 1 unspecified atom stereocenters. The Kier molecular flexibility index (Phi) is 7.24. The molecular formula is C27H33N3O4. The highest BCUT2D eigenvalue weighted by atomic mass is 16.5. The fraction of sp³-hybridized carbons (Fsp3) is 0.370. The summed E-state index contributed by atoms with van der Waals surface area (Å²) >= 11 is 0. The van der Waals surface area contributed by atoms with Gasteiger partial charge >= 0.3 is 0 Å². The first kappa shape index (κ1) is 23.9. The minimum atomic E-state index is -0.654. The van der Waals surface area contributed by atoms with E-state index in [4.69, 9.17) is 19.9 Å². The Morgan fingerprint density at radius 2 is 1.74 bits per heavy atom. The zero-order valence-electron chi connectivity index (χ0n) is 20.2. The van der Waals surface area contributed by atoms with Gasteiger partial charge in [-0.3, -0.25) is 4.90 Å². The van der Waals surface area contributed by atoms with Crippen LogP contribution in [0.2, 0.25) is 0 Å². The van der Waals surface area contributed by atoms with Crippen molar-refractivity contribution in [3.8, 4) is 28.5 Å². The predicted molar refractivity (Wildman–Crippen MR) is 133 cm³/mol. The second-order valence-electron chi connectivity index (χ2n) is 8.85. The Labute approximate surface area is 201 Å². The van der Waals surface area contributed by atoms with Gasteiger partial charge in [0.2, 0.25) is 0 Å². The van der Waals surface area contributed by atoms with Crippen LogP contribution in [-0.4, -0.2) is 48.4 Å². The van der Waals surface area contributed by atoms with E-state index in [0.29, 0.717) is 18.1 Å². The van der Waals surface area contributed by atoms with Gasteiger partial charge in [-0.2, -0.15) is 0 Å². The van der Waals surface area contributed by atoms with E-state index in [-0.39, 0.29) is 6.10 Å². The second-order valence-corrected chi connectivity index (χ2v) is 8.85. The molecular weight excluding hydrogens is 430 g/mol. The molecule has 0 amide bonds. The molecule has 7 nitrogen and oxygen atoms in total. The number of hydrogen-bond acceptors (Lipinski definition) is 7. The molecule has 0 saturated carbocycles. The van der Waals surface area contributed by atoms with Crippen molar-refractivity contribution in [2.45, 2.75) is 39.0 Å². The molecule has 1 atom stereocenters. The third-order valence-corrected chi connectivity index (χ3v) is 6.03. The Bertz CT molecular complexity index is 1150. The summed E-state index contributed by atoms with van der Waals surface area (Å²) in [4.78, 5) is 6.69. The molecule has 34 heavy (non-hydrogen) atoms. The van der Waals surface area contributed by atoms with Gasteiger partial charge in [0.05, 0.1) is 32.1 Å². The first-order chi connectivity index (χ1) is 16.4. The summed E-state index contributed by atoms with van der Waals surface area (Å²) in [6.07, 6.45) is 0.223. The van der Waals surface area contributed by atoms with Gasteiger partial charge in [-0.15, -0.1) is 0 Å². The van der Waals surface area contributed by atoms with Crippen molar-refractivity contribution in [2.75, 3.05) is 33.0 Å². The lowest BCUT2D eigenvalue weighted by Crippen LogP contribution is -2.34. The molecule has 2 heterocycles. The zero-order valence-corrected chi connectivity index (χ0v) is 20.2. The number of methoxy groups -OCH3 is 2. The van der Waals surface area contributed by atoms with Gasteiger partial charge in [-0.25, -0.2) is 4.98 Å². The van der Waals surface area contributed by atoms with Crippen LogP contribution in [0, 0.1) is 0 Å². The standard InChI is InChI=1S/C27H33N3O4/c1-17(2)34-24-13-19(8-9-21(24)22-6-5-7-27(28)29-22)23(31)16-30-11-10-18-12-25(32-3)26(33-4)14-20(18)15-30/h5-9,12-14,17,23,31H,10-11,15-16H2,1-4H3,(H2,28,29). The summed E-state index contributed by atoms with van der Waals surface area (Å²) in [6.45, 7) is 6.08. The molecule has 0 fully saturated rings. The van der Waals surface area contributed by atoms with E-state index < -0.39 is 6.10 Å². The maximum Gasteiger partial charge on any atom is 0.161 e. The number of benzene rings is 2.